The third-order valence-corrected chi connectivity index (χ3v) is 4.01. The number of amides is 1. The lowest BCUT2D eigenvalue weighted by atomic mass is 10.3. The molecule has 1 N–H and O–H groups in total. The fourth-order valence-electron chi connectivity index (χ4n) is 2.84. The van der Waals surface area contributed by atoms with Crippen LogP contribution < -0.4 is 5.32 Å². The second-order valence-corrected chi connectivity index (χ2v) is 6.13. The third kappa shape index (κ3) is 3.81. The number of rotatable bonds is 6. The summed E-state index contributed by atoms with van der Waals surface area (Å²) in [6.45, 7) is 9.61. The van der Waals surface area contributed by atoms with E-state index in [9.17, 15) is 4.79 Å². The maximum absolute atomic E-state index is 12.3. The molecule has 3 aromatic rings. The topological polar surface area (TPSA) is 77.9 Å². The van der Waals surface area contributed by atoms with Crippen LogP contribution in [0.3, 0.4) is 0 Å². The van der Waals surface area contributed by atoms with Crippen molar-refractivity contribution in [2.75, 3.05) is 0 Å². The first-order valence-corrected chi connectivity index (χ1v) is 8.37. The first kappa shape index (κ1) is 17.0. The number of carbonyl (C=O) groups excluding carboxylic acids is 1. The van der Waals surface area contributed by atoms with Gasteiger partial charge in [-0.25, -0.2) is 0 Å². The highest BCUT2D eigenvalue weighted by Crippen LogP contribution is 2.12. The molecule has 0 saturated heterocycles. The molecule has 0 fully saturated rings. The van der Waals surface area contributed by atoms with E-state index in [1.54, 1.807) is 6.07 Å². The van der Waals surface area contributed by atoms with Crippen LogP contribution in [0.25, 0.3) is 0 Å². The van der Waals surface area contributed by atoms with E-state index in [1.807, 2.05) is 55.3 Å². The summed E-state index contributed by atoms with van der Waals surface area (Å²) in [7, 11) is 0. The Balaban J connectivity index is 1.63. The molecule has 0 spiro atoms. The van der Waals surface area contributed by atoms with E-state index < -0.39 is 0 Å². The van der Waals surface area contributed by atoms with Gasteiger partial charge in [-0.3, -0.25) is 14.2 Å². The van der Waals surface area contributed by atoms with Crippen LogP contribution in [-0.4, -0.2) is 25.5 Å². The lowest BCUT2D eigenvalue weighted by Crippen LogP contribution is -2.24. The van der Waals surface area contributed by atoms with Gasteiger partial charge < -0.3 is 9.73 Å². The second kappa shape index (κ2) is 6.96. The molecule has 3 aromatic heterocycles. The van der Waals surface area contributed by atoms with Crippen LogP contribution in [0.4, 0.5) is 0 Å². The Labute approximate surface area is 146 Å². The summed E-state index contributed by atoms with van der Waals surface area (Å²) < 4.78 is 9.41. The minimum Gasteiger partial charge on any atom is -0.454 e. The quantitative estimate of drug-likeness (QED) is 0.747. The van der Waals surface area contributed by atoms with Crippen molar-refractivity contribution in [1.82, 2.24) is 24.9 Å². The second-order valence-electron chi connectivity index (χ2n) is 6.13. The molecule has 0 unspecified atom stereocenters. The molecular weight excluding hydrogens is 318 g/mol. The maximum Gasteiger partial charge on any atom is 0.287 e. The zero-order chi connectivity index (χ0) is 18.0. The molecule has 0 aliphatic rings. The Hall–Kier alpha value is -2.83. The summed E-state index contributed by atoms with van der Waals surface area (Å²) >= 11 is 0. The van der Waals surface area contributed by atoms with Gasteiger partial charge in [-0.2, -0.15) is 10.2 Å². The molecule has 1 amide bonds. The molecule has 0 aliphatic heterocycles. The number of nitrogens with zero attached hydrogens (tertiary/aromatic N) is 4. The predicted octanol–water partition coefficient (Wildman–Crippen LogP) is 2.60. The molecule has 0 atom stereocenters. The number of nitrogens with one attached hydrogen (secondary N) is 1. The van der Waals surface area contributed by atoms with E-state index in [2.05, 4.69) is 15.5 Å². The third-order valence-electron chi connectivity index (χ3n) is 4.01. The van der Waals surface area contributed by atoms with Gasteiger partial charge >= 0.3 is 0 Å². The van der Waals surface area contributed by atoms with E-state index in [4.69, 9.17) is 4.42 Å². The van der Waals surface area contributed by atoms with Crippen LogP contribution in [-0.2, 0) is 19.6 Å². The van der Waals surface area contributed by atoms with Crippen LogP contribution in [0.5, 0.6) is 0 Å². The molecule has 3 heterocycles. The van der Waals surface area contributed by atoms with Crippen molar-refractivity contribution >= 4 is 5.91 Å². The van der Waals surface area contributed by atoms with E-state index in [-0.39, 0.29) is 5.91 Å². The van der Waals surface area contributed by atoms with Crippen molar-refractivity contribution in [2.24, 2.45) is 0 Å². The summed E-state index contributed by atoms with van der Waals surface area (Å²) in [5, 5.41) is 11.7. The number of carbonyl (C=O) groups is 1. The molecule has 0 saturated carbocycles. The molecule has 25 heavy (non-hydrogen) atoms. The number of hydrogen-bond donors (Lipinski definition) is 1. The zero-order valence-corrected chi connectivity index (χ0v) is 15.0. The molecule has 132 valence electrons. The Morgan fingerprint density at radius 3 is 2.52 bits per heavy atom. The highest BCUT2D eigenvalue weighted by atomic mass is 16.4. The summed E-state index contributed by atoms with van der Waals surface area (Å²) in [4.78, 5) is 12.3. The molecule has 7 nitrogen and oxygen atoms in total. The Morgan fingerprint density at radius 2 is 1.84 bits per heavy atom. The highest BCUT2D eigenvalue weighted by Gasteiger charge is 2.13. The van der Waals surface area contributed by atoms with Crippen molar-refractivity contribution in [2.45, 2.75) is 47.3 Å². The number of hydrogen-bond acceptors (Lipinski definition) is 4. The first-order chi connectivity index (χ1) is 12.0. The van der Waals surface area contributed by atoms with E-state index in [1.165, 1.54) is 0 Å². The van der Waals surface area contributed by atoms with Gasteiger partial charge in [0.1, 0.15) is 5.76 Å². The number of furan rings is 1. The van der Waals surface area contributed by atoms with Crippen molar-refractivity contribution in [1.29, 1.82) is 0 Å². The maximum atomic E-state index is 12.3. The zero-order valence-electron chi connectivity index (χ0n) is 15.0. The van der Waals surface area contributed by atoms with Crippen LogP contribution in [0.2, 0.25) is 0 Å². The van der Waals surface area contributed by atoms with Crippen molar-refractivity contribution in [3.63, 3.8) is 0 Å². The fraction of sp³-hybridized carbons (Fsp3) is 0.389. The SMILES string of the molecule is CCn1nc(C)cc1CNC(=O)c1ccc(Cn2nc(C)cc2C)o1. The lowest BCUT2D eigenvalue weighted by Gasteiger charge is -2.05. The lowest BCUT2D eigenvalue weighted by molar-refractivity contribution is 0.0920. The molecular formula is C18H23N5O2. The largest absolute Gasteiger partial charge is 0.454 e. The van der Waals surface area contributed by atoms with Gasteiger partial charge in [0.2, 0.25) is 0 Å². The van der Waals surface area contributed by atoms with Crippen molar-refractivity contribution in [3.8, 4) is 0 Å². The predicted molar refractivity (Wildman–Crippen MR) is 93.3 cm³/mol. The van der Waals surface area contributed by atoms with Crippen LogP contribution in [0, 0.1) is 20.8 Å². The highest BCUT2D eigenvalue weighted by molar-refractivity contribution is 5.91. The molecule has 7 heteroatoms. The Morgan fingerprint density at radius 1 is 1.12 bits per heavy atom. The van der Waals surface area contributed by atoms with Crippen LogP contribution in [0.15, 0.2) is 28.7 Å². The standard InChI is InChI=1S/C18H23N5O2/c1-5-22-15(9-13(3)20-22)10-19-18(24)17-7-6-16(25-17)11-23-14(4)8-12(2)21-23/h6-9H,5,10-11H2,1-4H3,(H,19,24). The average Bonchev–Trinajstić information content (AvgIpc) is 3.25. The van der Waals surface area contributed by atoms with Gasteiger partial charge in [-0.15, -0.1) is 0 Å². The van der Waals surface area contributed by atoms with Crippen molar-refractivity contribution in [3.05, 3.63) is 58.6 Å². The van der Waals surface area contributed by atoms with Gasteiger partial charge in [0.05, 0.1) is 30.2 Å². The van der Waals surface area contributed by atoms with Crippen molar-refractivity contribution < 1.29 is 9.21 Å². The van der Waals surface area contributed by atoms with Crippen LogP contribution in [0.1, 0.15) is 46.0 Å². The molecule has 3 rings (SSSR count). The van der Waals surface area contributed by atoms with E-state index in [0.717, 1.165) is 29.3 Å². The minimum absolute atomic E-state index is 0.235. The van der Waals surface area contributed by atoms with E-state index >= 15 is 0 Å². The normalized spacial score (nSPS) is 11.0. The number of aromatic nitrogens is 4. The summed E-state index contributed by atoms with van der Waals surface area (Å²) in [6, 6.07) is 7.49. The van der Waals surface area contributed by atoms with Gasteiger partial charge in [0.15, 0.2) is 5.76 Å². The minimum atomic E-state index is -0.235. The van der Waals surface area contributed by atoms with Gasteiger partial charge in [0, 0.05) is 12.2 Å². The molecule has 0 aromatic carbocycles. The van der Waals surface area contributed by atoms with Crippen LogP contribution >= 0.6 is 0 Å². The molecule has 0 radical (unpaired) electrons. The smallest absolute Gasteiger partial charge is 0.287 e. The average molecular weight is 341 g/mol. The molecule has 0 aliphatic carbocycles. The monoisotopic (exact) mass is 341 g/mol. The Kier molecular flexibility index (Phi) is 4.74. The first-order valence-electron chi connectivity index (χ1n) is 8.37. The Bertz CT molecular complexity index is 887. The summed E-state index contributed by atoms with van der Waals surface area (Å²) in [5.41, 5.74) is 3.94. The fourth-order valence-corrected chi connectivity index (χ4v) is 2.84. The number of aryl methyl sites for hydroxylation is 4. The van der Waals surface area contributed by atoms with Gasteiger partial charge in [0.25, 0.3) is 5.91 Å². The molecule has 0 bridgehead atoms. The van der Waals surface area contributed by atoms with E-state index in [0.29, 0.717) is 24.6 Å². The van der Waals surface area contributed by atoms with Gasteiger partial charge in [-0.05, 0) is 52.0 Å². The summed E-state index contributed by atoms with van der Waals surface area (Å²) in [5.74, 6) is 0.766. The summed E-state index contributed by atoms with van der Waals surface area (Å²) in [6.07, 6.45) is 0. The van der Waals surface area contributed by atoms with Gasteiger partial charge in [-0.1, -0.05) is 0 Å².